The van der Waals surface area contributed by atoms with Crippen molar-refractivity contribution in [1.29, 1.82) is 0 Å². The van der Waals surface area contributed by atoms with Crippen LogP contribution in [0.1, 0.15) is 50.5 Å². The van der Waals surface area contributed by atoms with Crippen LogP contribution in [0.25, 0.3) is 0 Å². The van der Waals surface area contributed by atoms with Crippen LogP contribution in [-0.4, -0.2) is 16.6 Å². The van der Waals surface area contributed by atoms with E-state index in [9.17, 15) is 9.90 Å². The van der Waals surface area contributed by atoms with Gasteiger partial charge in [0.15, 0.2) is 0 Å². The number of rotatable bonds is 6. The van der Waals surface area contributed by atoms with Crippen molar-refractivity contribution in [2.75, 3.05) is 5.32 Å². The van der Waals surface area contributed by atoms with Gasteiger partial charge in [0.25, 0.3) is 0 Å². The van der Waals surface area contributed by atoms with Crippen LogP contribution >= 0.6 is 0 Å². The average molecular weight is 392 g/mol. The molecule has 4 aliphatic carbocycles. The molecule has 0 heterocycles. The largest absolute Gasteiger partial charge is 0.489 e. The van der Waals surface area contributed by atoms with Crippen molar-refractivity contribution in [3.8, 4) is 5.75 Å². The van der Waals surface area contributed by atoms with Crippen LogP contribution in [-0.2, 0) is 11.4 Å². The summed E-state index contributed by atoms with van der Waals surface area (Å²) in [5, 5.41) is 13.9. The van der Waals surface area contributed by atoms with Crippen LogP contribution < -0.4 is 10.1 Å². The highest BCUT2D eigenvalue weighted by molar-refractivity contribution is 5.91. The summed E-state index contributed by atoms with van der Waals surface area (Å²) in [4.78, 5) is 12.8. The third-order valence-corrected chi connectivity index (χ3v) is 7.07. The predicted octanol–water partition coefficient (Wildman–Crippen LogP) is 4.93. The zero-order chi connectivity index (χ0) is 19.9. The summed E-state index contributed by atoms with van der Waals surface area (Å²) in [7, 11) is 0. The number of carbonyl (C=O) groups excluding carboxylic acids is 1. The van der Waals surface area contributed by atoms with Gasteiger partial charge in [-0.05, 0) is 85.6 Å². The van der Waals surface area contributed by atoms with Crippen molar-refractivity contribution in [1.82, 2.24) is 0 Å². The number of ether oxygens (including phenoxy) is 1. The molecule has 2 aromatic rings. The summed E-state index contributed by atoms with van der Waals surface area (Å²) in [5.41, 5.74) is 1.41. The van der Waals surface area contributed by atoms with Crippen LogP contribution in [0.2, 0.25) is 0 Å². The molecule has 1 amide bonds. The fourth-order valence-corrected chi connectivity index (χ4v) is 6.53. The zero-order valence-corrected chi connectivity index (χ0v) is 16.8. The molecule has 0 aliphatic heterocycles. The van der Waals surface area contributed by atoms with Crippen molar-refractivity contribution in [3.05, 3.63) is 60.2 Å². The molecule has 4 bridgehead atoms. The third-order valence-electron chi connectivity index (χ3n) is 7.07. The van der Waals surface area contributed by atoms with Gasteiger partial charge in [-0.3, -0.25) is 4.79 Å². The van der Waals surface area contributed by atoms with Crippen molar-refractivity contribution < 1.29 is 14.6 Å². The van der Waals surface area contributed by atoms with Gasteiger partial charge in [0.2, 0.25) is 5.91 Å². The third kappa shape index (κ3) is 4.04. The van der Waals surface area contributed by atoms with Gasteiger partial charge in [-0.1, -0.05) is 30.3 Å². The molecule has 0 radical (unpaired) electrons. The first-order valence-corrected chi connectivity index (χ1v) is 10.8. The van der Waals surface area contributed by atoms with Gasteiger partial charge < -0.3 is 15.2 Å². The molecule has 4 nitrogen and oxygen atoms in total. The Morgan fingerprint density at radius 3 is 2.34 bits per heavy atom. The average Bonchev–Trinajstić information content (AvgIpc) is 2.66. The second kappa shape index (κ2) is 7.17. The number of hydrogen-bond donors (Lipinski definition) is 2. The Balaban J connectivity index is 1.17. The Hall–Kier alpha value is -2.33. The Bertz CT molecular complexity index is 863. The normalized spacial score (nSPS) is 32.2. The minimum Gasteiger partial charge on any atom is -0.489 e. The maximum absolute atomic E-state index is 12.8. The smallest absolute Gasteiger partial charge is 0.224 e. The van der Waals surface area contributed by atoms with E-state index in [1.165, 1.54) is 6.42 Å². The highest BCUT2D eigenvalue weighted by atomic mass is 16.5. The van der Waals surface area contributed by atoms with E-state index in [2.05, 4.69) is 5.32 Å². The van der Waals surface area contributed by atoms with E-state index in [4.69, 9.17) is 4.74 Å². The molecule has 29 heavy (non-hydrogen) atoms. The maximum atomic E-state index is 12.8. The number of nitrogens with one attached hydrogen (secondary N) is 1. The summed E-state index contributed by atoms with van der Waals surface area (Å²) < 4.78 is 5.81. The molecule has 2 aromatic carbocycles. The van der Waals surface area contributed by atoms with Crippen molar-refractivity contribution in [2.45, 2.75) is 57.2 Å². The Morgan fingerprint density at radius 1 is 1.00 bits per heavy atom. The molecule has 0 spiro atoms. The number of anilines is 1. The summed E-state index contributed by atoms with van der Waals surface area (Å²) in [5.74, 6) is 2.06. The molecule has 4 aliphatic rings. The Kier molecular flexibility index (Phi) is 4.62. The first kappa shape index (κ1) is 18.7. The van der Waals surface area contributed by atoms with Crippen LogP contribution in [0.5, 0.6) is 5.75 Å². The number of benzene rings is 2. The molecule has 6 rings (SSSR count). The SMILES string of the molecule is O=C(CC12C[C@@H]3C[C@@H](CC(O)(C3)C1)C2)Nc1ccc(OCc2ccccc2)cc1. The van der Waals surface area contributed by atoms with E-state index in [0.29, 0.717) is 24.9 Å². The van der Waals surface area contributed by atoms with Crippen LogP contribution in [0.3, 0.4) is 0 Å². The van der Waals surface area contributed by atoms with E-state index in [1.54, 1.807) is 0 Å². The second-order valence-electron chi connectivity index (χ2n) is 9.71. The molecule has 4 heteroatoms. The lowest BCUT2D eigenvalue weighted by atomic mass is 9.47. The first-order valence-electron chi connectivity index (χ1n) is 10.8. The Labute approximate surface area is 172 Å². The zero-order valence-electron chi connectivity index (χ0n) is 16.8. The fourth-order valence-electron chi connectivity index (χ4n) is 6.53. The highest BCUT2D eigenvalue weighted by Gasteiger charge is 2.57. The minimum atomic E-state index is -0.512. The molecule has 0 saturated heterocycles. The molecule has 4 saturated carbocycles. The maximum Gasteiger partial charge on any atom is 0.224 e. The molecule has 152 valence electrons. The predicted molar refractivity (Wildman–Crippen MR) is 113 cm³/mol. The van der Waals surface area contributed by atoms with Gasteiger partial charge in [0.05, 0.1) is 5.60 Å². The van der Waals surface area contributed by atoms with E-state index >= 15 is 0 Å². The van der Waals surface area contributed by atoms with E-state index in [1.807, 2.05) is 54.6 Å². The second-order valence-corrected chi connectivity index (χ2v) is 9.71. The molecule has 4 fully saturated rings. The van der Waals surface area contributed by atoms with Gasteiger partial charge >= 0.3 is 0 Å². The van der Waals surface area contributed by atoms with Gasteiger partial charge in [-0.2, -0.15) is 0 Å². The summed E-state index contributed by atoms with van der Waals surface area (Å²) >= 11 is 0. The van der Waals surface area contributed by atoms with E-state index in [-0.39, 0.29) is 11.3 Å². The van der Waals surface area contributed by atoms with Crippen molar-refractivity contribution in [2.24, 2.45) is 17.3 Å². The monoisotopic (exact) mass is 391 g/mol. The standard InChI is InChI=1S/C25H29NO3/c27-23(15-24-11-19-10-20(12-24)14-25(28,13-19)17-24)26-21-6-8-22(9-7-21)29-16-18-4-2-1-3-5-18/h1-9,19-20,28H,10-17H2,(H,26,27)/t19-,20+,24?,25?. The van der Waals surface area contributed by atoms with Crippen LogP contribution in [0.4, 0.5) is 5.69 Å². The fraction of sp³-hybridized carbons (Fsp3) is 0.480. The molecule has 0 aromatic heterocycles. The molecule has 4 atom stereocenters. The van der Waals surface area contributed by atoms with E-state index in [0.717, 1.165) is 49.1 Å². The van der Waals surface area contributed by atoms with Crippen molar-refractivity contribution in [3.63, 3.8) is 0 Å². The first-order chi connectivity index (χ1) is 14.0. The topological polar surface area (TPSA) is 58.6 Å². The highest BCUT2D eigenvalue weighted by Crippen LogP contribution is 2.62. The van der Waals surface area contributed by atoms with Gasteiger partial charge in [-0.25, -0.2) is 0 Å². The summed E-state index contributed by atoms with van der Waals surface area (Å²) in [6.07, 6.45) is 6.66. The Morgan fingerprint density at radius 2 is 1.69 bits per heavy atom. The quantitative estimate of drug-likeness (QED) is 0.734. The van der Waals surface area contributed by atoms with Crippen LogP contribution in [0.15, 0.2) is 54.6 Å². The number of carbonyl (C=O) groups is 1. The lowest BCUT2D eigenvalue weighted by Gasteiger charge is -2.60. The molecule has 2 N–H and O–H groups in total. The summed E-state index contributed by atoms with van der Waals surface area (Å²) in [6, 6.07) is 17.6. The number of amides is 1. The van der Waals surface area contributed by atoms with Gasteiger partial charge in [0, 0.05) is 12.1 Å². The molecular formula is C25H29NO3. The lowest BCUT2D eigenvalue weighted by Crippen LogP contribution is -2.56. The van der Waals surface area contributed by atoms with Gasteiger partial charge in [-0.15, -0.1) is 0 Å². The number of hydrogen-bond acceptors (Lipinski definition) is 3. The lowest BCUT2D eigenvalue weighted by molar-refractivity contribution is -0.167. The minimum absolute atomic E-state index is 0.00164. The van der Waals surface area contributed by atoms with Gasteiger partial charge in [0.1, 0.15) is 12.4 Å². The van der Waals surface area contributed by atoms with E-state index < -0.39 is 5.60 Å². The number of aliphatic hydroxyl groups is 1. The molecular weight excluding hydrogens is 362 g/mol. The van der Waals surface area contributed by atoms with Crippen molar-refractivity contribution >= 4 is 11.6 Å². The van der Waals surface area contributed by atoms with Crippen LogP contribution in [0, 0.1) is 17.3 Å². The molecule has 2 unspecified atom stereocenters. The summed E-state index contributed by atoms with van der Waals surface area (Å²) in [6.45, 7) is 0.528.